The van der Waals surface area contributed by atoms with Crippen molar-refractivity contribution in [2.24, 2.45) is 5.92 Å². The van der Waals surface area contributed by atoms with E-state index in [4.69, 9.17) is 21.1 Å². The summed E-state index contributed by atoms with van der Waals surface area (Å²) >= 11 is 5.93. The minimum Gasteiger partial charge on any atom is -0.495 e. The van der Waals surface area contributed by atoms with E-state index < -0.39 is 6.10 Å². The second-order valence-corrected chi connectivity index (χ2v) is 5.30. The van der Waals surface area contributed by atoms with Crippen LogP contribution in [-0.4, -0.2) is 38.1 Å². The fourth-order valence-electron chi connectivity index (χ4n) is 1.76. The molecule has 1 atom stereocenters. The highest BCUT2D eigenvalue weighted by Gasteiger charge is 2.21. The van der Waals surface area contributed by atoms with E-state index in [2.05, 4.69) is 5.32 Å². The van der Waals surface area contributed by atoms with E-state index in [1.807, 2.05) is 0 Å². The quantitative estimate of drug-likeness (QED) is 0.771. The van der Waals surface area contributed by atoms with Gasteiger partial charge < -0.3 is 19.9 Å². The number of ether oxygens (including phenoxy) is 2. The predicted octanol–water partition coefficient (Wildman–Crippen LogP) is 2.55. The van der Waals surface area contributed by atoms with Crippen LogP contribution < -0.4 is 10.1 Å². The zero-order valence-corrected chi connectivity index (χ0v) is 11.8. The van der Waals surface area contributed by atoms with Gasteiger partial charge in [0.2, 0.25) is 0 Å². The molecule has 0 aromatic heterocycles. The van der Waals surface area contributed by atoms with Crippen molar-refractivity contribution in [3.63, 3.8) is 0 Å². The van der Waals surface area contributed by atoms with E-state index in [-0.39, 0.29) is 0 Å². The lowest BCUT2D eigenvalue weighted by Gasteiger charge is -2.15. The first-order valence-electron chi connectivity index (χ1n) is 6.52. The normalized spacial score (nSPS) is 16.2. The molecule has 106 valence electrons. The van der Waals surface area contributed by atoms with E-state index in [0.29, 0.717) is 29.8 Å². The van der Waals surface area contributed by atoms with Crippen molar-refractivity contribution in [3.05, 3.63) is 23.2 Å². The Bertz CT molecular complexity index is 410. The molecule has 0 radical (unpaired) electrons. The van der Waals surface area contributed by atoms with Gasteiger partial charge in [-0.3, -0.25) is 0 Å². The molecule has 0 amide bonds. The van der Waals surface area contributed by atoms with Crippen molar-refractivity contribution < 1.29 is 14.6 Å². The maximum Gasteiger partial charge on any atom is 0.142 e. The highest BCUT2D eigenvalue weighted by molar-refractivity contribution is 6.30. The van der Waals surface area contributed by atoms with Gasteiger partial charge in [0.05, 0.1) is 25.5 Å². The molecule has 0 heterocycles. The molecule has 0 aliphatic heterocycles. The molecule has 0 saturated heterocycles. The molecule has 2 N–H and O–H groups in total. The third-order valence-corrected chi connectivity index (χ3v) is 3.29. The van der Waals surface area contributed by atoms with Crippen LogP contribution in [-0.2, 0) is 4.74 Å². The Morgan fingerprint density at radius 3 is 2.95 bits per heavy atom. The van der Waals surface area contributed by atoms with Crippen LogP contribution in [0.4, 0.5) is 5.69 Å². The number of halogens is 1. The summed E-state index contributed by atoms with van der Waals surface area (Å²) in [6.07, 6.45) is 1.98. The van der Waals surface area contributed by atoms with Crippen LogP contribution in [0.5, 0.6) is 5.75 Å². The lowest BCUT2D eigenvalue weighted by Crippen LogP contribution is -2.25. The van der Waals surface area contributed by atoms with Gasteiger partial charge in [0.1, 0.15) is 5.75 Å². The summed E-state index contributed by atoms with van der Waals surface area (Å²) in [7, 11) is 1.60. The van der Waals surface area contributed by atoms with E-state index in [0.717, 1.165) is 12.3 Å². The molecular formula is C14H20ClNO3. The summed E-state index contributed by atoms with van der Waals surface area (Å²) in [5.41, 5.74) is 0.774. The van der Waals surface area contributed by atoms with Gasteiger partial charge in [-0.1, -0.05) is 11.6 Å². The van der Waals surface area contributed by atoms with Crippen molar-refractivity contribution in [2.45, 2.75) is 18.9 Å². The fourth-order valence-corrected chi connectivity index (χ4v) is 1.93. The number of rotatable bonds is 8. The molecule has 1 aromatic carbocycles. The molecule has 1 fully saturated rings. The van der Waals surface area contributed by atoms with Gasteiger partial charge in [-0.05, 0) is 37.0 Å². The highest BCUT2D eigenvalue weighted by Crippen LogP contribution is 2.29. The summed E-state index contributed by atoms with van der Waals surface area (Å²) in [5, 5.41) is 13.6. The van der Waals surface area contributed by atoms with Crippen LogP contribution in [0.15, 0.2) is 18.2 Å². The summed E-state index contributed by atoms with van der Waals surface area (Å²) < 4.78 is 10.7. The van der Waals surface area contributed by atoms with Gasteiger partial charge in [-0.2, -0.15) is 0 Å². The molecule has 1 aliphatic rings. The summed E-state index contributed by atoms with van der Waals surface area (Å²) in [5.74, 6) is 1.42. The number of aliphatic hydroxyl groups is 1. The largest absolute Gasteiger partial charge is 0.495 e. The number of benzene rings is 1. The molecule has 19 heavy (non-hydrogen) atoms. The summed E-state index contributed by atoms with van der Waals surface area (Å²) in [6.45, 7) is 1.52. The van der Waals surface area contributed by atoms with Crippen LogP contribution >= 0.6 is 11.6 Å². The SMILES string of the molecule is COc1ccc(Cl)cc1NCC(O)COCC1CC1. The first kappa shape index (κ1) is 14.4. The van der Waals surface area contributed by atoms with Gasteiger partial charge in [0.15, 0.2) is 0 Å². The van der Waals surface area contributed by atoms with Gasteiger partial charge in [-0.15, -0.1) is 0 Å². The molecule has 2 rings (SSSR count). The molecule has 1 aromatic rings. The molecule has 1 unspecified atom stereocenters. The topological polar surface area (TPSA) is 50.7 Å². The van der Waals surface area contributed by atoms with Crippen molar-refractivity contribution >= 4 is 17.3 Å². The minimum absolute atomic E-state index is 0.354. The molecule has 0 spiro atoms. The molecule has 1 aliphatic carbocycles. The van der Waals surface area contributed by atoms with Crippen LogP contribution in [0.1, 0.15) is 12.8 Å². The maximum absolute atomic E-state index is 9.82. The van der Waals surface area contributed by atoms with Crippen molar-refractivity contribution in [3.8, 4) is 5.75 Å². The van der Waals surface area contributed by atoms with E-state index in [1.165, 1.54) is 12.8 Å². The number of hydrogen-bond donors (Lipinski definition) is 2. The first-order valence-corrected chi connectivity index (χ1v) is 6.90. The average molecular weight is 286 g/mol. The summed E-state index contributed by atoms with van der Waals surface area (Å²) in [6, 6.07) is 5.33. The van der Waals surface area contributed by atoms with Crippen LogP contribution in [0.3, 0.4) is 0 Å². The van der Waals surface area contributed by atoms with Gasteiger partial charge in [-0.25, -0.2) is 0 Å². The highest BCUT2D eigenvalue weighted by atomic mass is 35.5. The van der Waals surface area contributed by atoms with Gasteiger partial charge in [0, 0.05) is 18.2 Å². The second-order valence-electron chi connectivity index (χ2n) is 4.86. The Kier molecular flexibility index (Phi) is 5.31. The summed E-state index contributed by atoms with van der Waals surface area (Å²) in [4.78, 5) is 0. The Morgan fingerprint density at radius 1 is 1.47 bits per heavy atom. The number of nitrogens with one attached hydrogen (secondary N) is 1. The van der Waals surface area contributed by atoms with Gasteiger partial charge >= 0.3 is 0 Å². The second kappa shape index (κ2) is 6.98. The fraction of sp³-hybridized carbons (Fsp3) is 0.571. The Labute approximate surface area is 118 Å². The predicted molar refractivity (Wildman–Crippen MR) is 76.0 cm³/mol. The van der Waals surface area contributed by atoms with Crippen LogP contribution in [0.25, 0.3) is 0 Å². The monoisotopic (exact) mass is 285 g/mol. The minimum atomic E-state index is -0.539. The Balaban J connectivity index is 1.75. The zero-order chi connectivity index (χ0) is 13.7. The number of hydrogen-bond acceptors (Lipinski definition) is 4. The zero-order valence-electron chi connectivity index (χ0n) is 11.1. The smallest absolute Gasteiger partial charge is 0.142 e. The van der Waals surface area contributed by atoms with Crippen molar-refractivity contribution in [1.82, 2.24) is 0 Å². The first-order chi connectivity index (χ1) is 9.19. The Hall–Kier alpha value is -0.970. The van der Waals surface area contributed by atoms with E-state index >= 15 is 0 Å². The Morgan fingerprint density at radius 2 is 2.26 bits per heavy atom. The van der Waals surface area contributed by atoms with Crippen LogP contribution in [0, 0.1) is 5.92 Å². The van der Waals surface area contributed by atoms with E-state index in [1.54, 1.807) is 25.3 Å². The molecule has 0 bridgehead atoms. The number of anilines is 1. The van der Waals surface area contributed by atoms with Crippen molar-refractivity contribution in [1.29, 1.82) is 0 Å². The van der Waals surface area contributed by atoms with E-state index in [9.17, 15) is 5.11 Å². The average Bonchev–Trinajstić information content (AvgIpc) is 3.20. The number of aliphatic hydroxyl groups excluding tert-OH is 1. The van der Waals surface area contributed by atoms with Gasteiger partial charge in [0.25, 0.3) is 0 Å². The van der Waals surface area contributed by atoms with Crippen molar-refractivity contribution in [2.75, 3.05) is 32.2 Å². The molecular weight excluding hydrogens is 266 g/mol. The maximum atomic E-state index is 9.82. The standard InChI is InChI=1S/C14H20ClNO3/c1-18-14-5-4-11(15)6-13(14)16-7-12(17)9-19-8-10-2-3-10/h4-6,10,12,16-17H,2-3,7-9H2,1H3. The number of methoxy groups -OCH3 is 1. The molecule has 1 saturated carbocycles. The molecule has 5 heteroatoms. The lowest BCUT2D eigenvalue weighted by atomic mass is 10.2. The van der Waals surface area contributed by atoms with Crippen LogP contribution in [0.2, 0.25) is 5.02 Å². The third kappa shape index (κ3) is 4.90. The third-order valence-electron chi connectivity index (χ3n) is 3.05. The molecule has 4 nitrogen and oxygen atoms in total. The lowest BCUT2D eigenvalue weighted by molar-refractivity contribution is 0.0386.